The third-order valence-corrected chi connectivity index (χ3v) is 6.78. The van der Waals surface area contributed by atoms with Crippen LogP contribution in [-0.2, 0) is 6.42 Å². The third kappa shape index (κ3) is 3.74. The number of nitrogens with one attached hydrogen (secondary N) is 1. The molecule has 1 aliphatic rings. The van der Waals surface area contributed by atoms with Gasteiger partial charge in [0.05, 0.1) is 16.5 Å². The molecule has 2 aromatic carbocycles. The molecule has 0 saturated carbocycles. The van der Waals surface area contributed by atoms with E-state index in [0.29, 0.717) is 16.8 Å². The first-order valence-electron chi connectivity index (χ1n) is 10.5. The van der Waals surface area contributed by atoms with Crippen LogP contribution in [0.4, 0.5) is 5.69 Å². The maximum Gasteiger partial charge on any atom is 0.258 e. The predicted molar refractivity (Wildman–Crippen MR) is 133 cm³/mol. The van der Waals surface area contributed by atoms with Crippen molar-refractivity contribution in [3.8, 4) is 10.7 Å². The number of rotatable bonds is 5. The fourth-order valence-electron chi connectivity index (χ4n) is 3.94. The molecule has 0 fully saturated rings. The number of para-hydroxylation sites is 1. The van der Waals surface area contributed by atoms with Crippen molar-refractivity contribution < 1.29 is 4.52 Å². The van der Waals surface area contributed by atoms with E-state index < -0.39 is 0 Å². The molecule has 0 amide bonds. The molecule has 1 aliphatic heterocycles. The molecule has 1 N–H and O–H groups in total. The van der Waals surface area contributed by atoms with Crippen LogP contribution in [0.25, 0.3) is 16.3 Å². The number of nitrogens with zero attached hydrogens (tertiary/aromatic N) is 3. The van der Waals surface area contributed by atoms with Gasteiger partial charge < -0.3 is 9.84 Å². The lowest BCUT2D eigenvalue weighted by Crippen LogP contribution is -2.46. The van der Waals surface area contributed by atoms with Gasteiger partial charge in [-0.15, -0.1) is 11.3 Å². The molecule has 1 unspecified atom stereocenters. The van der Waals surface area contributed by atoms with Crippen LogP contribution >= 0.6 is 23.6 Å². The number of hydrogen-bond acceptors (Lipinski definition) is 5. The highest BCUT2D eigenvalue weighted by Gasteiger charge is 2.34. The summed E-state index contributed by atoms with van der Waals surface area (Å²) in [6.45, 7) is 4.21. The van der Waals surface area contributed by atoms with Gasteiger partial charge in [-0.1, -0.05) is 60.6 Å². The van der Waals surface area contributed by atoms with Crippen LogP contribution in [0.3, 0.4) is 0 Å². The van der Waals surface area contributed by atoms with Gasteiger partial charge in [0.1, 0.15) is 0 Å². The molecule has 7 heteroatoms. The Morgan fingerprint density at radius 3 is 2.53 bits per heavy atom. The molecule has 0 spiro atoms. The predicted octanol–water partition coefficient (Wildman–Crippen LogP) is 6.23. The van der Waals surface area contributed by atoms with Crippen molar-refractivity contribution in [1.82, 2.24) is 15.5 Å². The van der Waals surface area contributed by atoms with E-state index in [1.54, 1.807) is 11.3 Å². The van der Waals surface area contributed by atoms with Gasteiger partial charge in [-0.2, -0.15) is 4.98 Å². The van der Waals surface area contributed by atoms with E-state index >= 15 is 0 Å². The fraction of sp³-hybridized carbons (Fsp3) is 0.160. The lowest BCUT2D eigenvalue weighted by molar-refractivity contribution is 0.404. The molecule has 0 bridgehead atoms. The summed E-state index contributed by atoms with van der Waals surface area (Å²) in [4.78, 5) is 7.75. The molecular formula is C25H22N4OS2. The monoisotopic (exact) mass is 458 g/mol. The molecule has 4 aromatic rings. The Balaban J connectivity index is 1.65. The van der Waals surface area contributed by atoms with Gasteiger partial charge >= 0.3 is 0 Å². The van der Waals surface area contributed by atoms with Gasteiger partial charge in [0.25, 0.3) is 5.89 Å². The smallest absolute Gasteiger partial charge is 0.258 e. The molecule has 2 aromatic heterocycles. The van der Waals surface area contributed by atoms with Gasteiger partial charge in [-0.3, -0.25) is 4.90 Å². The van der Waals surface area contributed by atoms with Crippen molar-refractivity contribution in [3.63, 3.8) is 0 Å². The Kier molecular flexibility index (Phi) is 5.59. The van der Waals surface area contributed by atoms with Crippen molar-refractivity contribution in [3.05, 3.63) is 94.8 Å². The maximum atomic E-state index is 5.80. The van der Waals surface area contributed by atoms with E-state index in [1.807, 2.05) is 52.7 Å². The number of benzene rings is 2. The molecule has 160 valence electrons. The minimum absolute atomic E-state index is 0.190. The Morgan fingerprint density at radius 2 is 1.84 bits per heavy atom. The average molecular weight is 459 g/mol. The molecular weight excluding hydrogens is 436 g/mol. The lowest BCUT2D eigenvalue weighted by Gasteiger charge is -2.37. The highest BCUT2D eigenvalue weighted by Crippen LogP contribution is 2.39. The van der Waals surface area contributed by atoms with E-state index in [4.69, 9.17) is 21.7 Å². The number of aryl methyl sites for hydroxylation is 1. The van der Waals surface area contributed by atoms with Crippen LogP contribution in [0.1, 0.15) is 36.9 Å². The van der Waals surface area contributed by atoms with Crippen LogP contribution in [0.15, 0.2) is 82.3 Å². The fourth-order valence-corrected chi connectivity index (χ4v) is 4.95. The summed E-state index contributed by atoms with van der Waals surface area (Å²) in [5, 5.41) is 10.4. The molecule has 0 aliphatic carbocycles. The van der Waals surface area contributed by atoms with Crippen molar-refractivity contribution in [2.75, 3.05) is 4.90 Å². The van der Waals surface area contributed by atoms with E-state index in [9.17, 15) is 0 Å². The van der Waals surface area contributed by atoms with Gasteiger partial charge in [-0.25, -0.2) is 0 Å². The molecule has 0 radical (unpaired) electrons. The summed E-state index contributed by atoms with van der Waals surface area (Å²) in [5.41, 5.74) is 5.26. The number of thiophene rings is 1. The standard InChI is InChI=1S/C25H22N4OS2/c1-3-17-11-13-18(14-12-17)22-21(24-27-23(28-30-24)20-10-7-15-32-20)16(2)29(25(31)26-22)19-8-5-4-6-9-19/h4-15,22H,3H2,1-2H3,(H,26,31). The number of anilines is 1. The van der Waals surface area contributed by atoms with Gasteiger partial charge in [0.2, 0.25) is 5.82 Å². The van der Waals surface area contributed by atoms with E-state index in [2.05, 4.69) is 48.6 Å². The first-order valence-corrected chi connectivity index (χ1v) is 11.8. The molecule has 5 rings (SSSR count). The molecule has 1 atom stereocenters. The first-order chi connectivity index (χ1) is 15.7. The Labute approximate surface area is 196 Å². The Morgan fingerprint density at radius 1 is 1.06 bits per heavy atom. The highest BCUT2D eigenvalue weighted by atomic mass is 32.1. The zero-order valence-electron chi connectivity index (χ0n) is 17.8. The molecule has 32 heavy (non-hydrogen) atoms. The summed E-state index contributed by atoms with van der Waals surface area (Å²) in [5.74, 6) is 1.08. The van der Waals surface area contributed by atoms with Crippen molar-refractivity contribution in [2.24, 2.45) is 0 Å². The zero-order valence-corrected chi connectivity index (χ0v) is 19.4. The number of thiocarbonyl (C=S) groups is 1. The van der Waals surface area contributed by atoms with Crippen LogP contribution in [-0.4, -0.2) is 15.3 Å². The normalized spacial score (nSPS) is 16.4. The van der Waals surface area contributed by atoms with Crippen LogP contribution in [0.5, 0.6) is 0 Å². The summed E-state index contributed by atoms with van der Waals surface area (Å²) >= 11 is 7.39. The minimum Gasteiger partial charge on any atom is -0.351 e. The maximum absolute atomic E-state index is 5.80. The average Bonchev–Trinajstić information content (AvgIpc) is 3.52. The Bertz CT molecular complexity index is 1260. The molecule has 0 saturated heterocycles. The second kappa shape index (κ2) is 8.68. The number of hydrogen-bond donors (Lipinski definition) is 1. The summed E-state index contributed by atoms with van der Waals surface area (Å²) in [6.07, 6.45) is 0.994. The van der Waals surface area contributed by atoms with Crippen molar-refractivity contribution in [2.45, 2.75) is 26.3 Å². The minimum atomic E-state index is -0.190. The number of aromatic nitrogens is 2. The summed E-state index contributed by atoms with van der Waals surface area (Å²) in [6, 6.07) is 22.4. The third-order valence-electron chi connectivity index (χ3n) is 5.62. The van der Waals surface area contributed by atoms with Crippen LogP contribution in [0.2, 0.25) is 0 Å². The second-order valence-electron chi connectivity index (χ2n) is 7.55. The largest absolute Gasteiger partial charge is 0.351 e. The molecule has 3 heterocycles. The van der Waals surface area contributed by atoms with E-state index in [0.717, 1.165) is 33.8 Å². The van der Waals surface area contributed by atoms with Crippen LogP contribution < -0.4 is 10.2 Å². The van der Waals surface area contributed by atoms with Crippen molar-refractivity contribution in [1.29, 1.82) is 0 Å². The van der Waals surface area contributed by atoms with E-state index in [-0.39, 0.29) is 6.04 Å². The SMILES string of the molecule is CCc1ccc(C2NC(=S)N(c3ccccc3)C(C)=C2c2nc(-c3cccs3)no2)cc1. The van der Waals surface area contributed by atoms with Crippen molar-refractivity contribution >= 4 is 39.9 Å². The second-order valence-corrected chi connectivity index (χ2v) is 8.88. The lowest BCUT2D eigenvalue weighted by atomic mass is 9.93. The van der Waals surface area contributed by atoms with E-state index in [1.165, 1.54) is 5.56 Å². The first kappa shape index (κ1) is 20.6. The highest BCUT2D eigenvalue weighted by molar-refractivity contribution is 7.80. The van der Waals surface area contributed by atoms with Gasteiger partial charge in [0, 0.05) is 11.4 Å². The van der Waals surface area contributed by atoms with Gasteiger partial charge in [0.15, 0.2) is 5.11 Å². The zero-order chi connectivity index (χ0) is 22.1. The number of allylic oxidation sites excluding steroid dienone is 1. The quantitative estimate of drug-likeness (QED) is 0.358. The van der Waals surface area contributed by atoms with Gasteiger partial charge in [-0.05, 0) is 60.3 Å². The topological polar surface area (TPSA) is 54.2 Å². The molecule has 5 nitrogen and oxygen atoms in total. The summed E-state index contributed by atoms with van der Waals surface area (Å²) < 4.78 is 5.79. The van der Waals surface area contributed by atoms with Crippen LogP contribution in [0, 0.1) is 0 Å². The Hall–Kier alpha value is -3.29. The summed E-state index contributed by atoms with van der Waals surface area (Å²) in [7, 11) is 0.